The van der Waals surface area contributed by atoms with Crippen LogP contribution in [0.1, 0.15) is 19.8 Å². The summed E-state index contributed by atoms with van der Waals surface area (Å²) in [4.78, 5) is 2.49. The van der Waals surface area contributed by atoms with E-state index in [1.165, 1.54) is 25.9 Å². The quantitative estimate of drug-likeness (QED) is 0.702. The second-order valence-electron chi connectivity index (χ2n) is 3.94. The van der Waals surface area contributed by atoms with Crippen molar-refractivity contribution >= 4 is 0 Å². The van der Waals surface area contributed by atoms with Crippen molar-refractivity contribution in [3.05, 3.63) is 0 Å². The van der Waals surface area contributed by atoms with E-state index in [-0.39, 0.29) is 0 Å². The molecule has 0 amide bonds. The molecule has 0 saturated carbocycles. The molecule has 1 rings (SSSR count). The maximum atomic E-state index is 5.58. The molecule has 1 heterocycles. The molecule has 3 nitrogen and oxygen atoms in total. The molecule has 0 spiro atoms. The van der Waals surface area contributed by atoms with Crippen LogP contribution in [0.3, 0.4) is 0 Å². The van der Waals surface area contributed by atoms with Gasteiger partial charge in [-0.3, -0.25) is 0 Å². The van der Waals surface area contributed by atoms with Crippen LogP contribution < -0.4 is 5.73 Å². The second kappa shape index (κ2) is 6.35. The van der Waals surface area contributed by atoms with E-state index < -0.39 is 0 Å². The van der Waals surface area contributed by atoms with Crippen molar-refractivity contribution in [2.45, 2.75) is 19.8 Å². The molecule has 0 bridgehead atoms. The number of rotatable bonds is 4. The monoisotopic (exact) mass is 186 g/mol. The fourth-order valence-corrected chi connectivity index (χ4v) is 1.54. The molecule has 1 aliphatic heterocycles. The van der Waals surface area contributed by atoms with Gasteiger partial charge in [0.1, 0.15) is 0 Å². The van der Waals surface area contributed by atoms with Gasteiger partial charge in [0.15, 0.2) is 0 Å². The van der Waals surface area contributed by atoms with Gasteiger partial charge in [-0.1, -0.05) is 6.92 Å². The van der Waals surface area contributed by atoms with Gasteiger partial charge in [-0.05, 0) is 31.8 Å². The predicted molar refractivity (Wildman–Crippen MR) is 54.7 cm³/mol. The fourth-order valence-electron chi connectivity index (χ4n) is 1.54. The van der Waals surface area contributed by atoms with E-state index >= 15 is 0 Å². The molecule has 1 fully saturated rings. The molecule has 1 atom stereocenters. The van der Waals surface area contributed by atoms with Crippen LogP contribution in [-0.2, 0) is 4.74 Å². The average molecular weight is 186 g/mol. The van der Waals surface area contributed by atoms with Crippen LogP contribution in [-0.4, -0.2) is 44.3 Å². The highest BCUT2D eigenvalue weighted by atomic mass is 16.5. The molecule has 0 aliphatic carbocycles. The van der Waals surface area contributed by atoms with Crippen molar-refractivity contribution < 1.29 is 4.74 Å². The Balaban J connectivity index is 2.11. The van der Waals surface area contributed by atoms with Crippen molar-refractivity contribution in [3.63, 3.8) is 0 Å². The van der Waals surface area contributed by atoms with E-state index in [0.717, 1.165) is 26.3 Å². The normalized spacial score (nSPS) is 22.6. The Hall–Kier alpha value is -0.120. The van der Waals surface area contributed by atoms with Crippen LogP contribution in [0.4, 0.5) is 0 Å². The molecular formula is C10H22N2O. The van der Waals surface area contributed by atoms with E-state index in [4.69, 9.17) is 10.5 Å². The minimum atomic E-state index is 0.657. The first-order valence-electron chi connectivity index (χ1n) is 5.33. The molecule has 0 aromatic carbocycles. The first-order chi connectivity index (χ1) is 6.33. The lowest BCUT2D eigenvalue weighted by atomic mass is 10.1. The maximum Gasteiger partial charge on any atom is 0.0593 e. The number of ether oxygens (including phenoxy) is 1. The number of hydrogen-bond donors (Lipinski definition) is 1. The van der Waals surface area contributed by atoms with Gasteiger partial charge in [-0.15, -0.1) is 0 Å². The standard InChI is InChI=1S/C10H22N2O/c1-10(9-11)3-5-12-4-2-7-13-8-6-12/h10H,2-9,11H2,1H3. The zero-order valence-corrected chi connectivity index (χ0v) is 8.67. The van der Waals surface area contributed by atoms with Gasteiger partial charge >= 0.3 is 0 Å². The first-order valence-corrected chi connectivity index (χ1v) is 5.33. The van der Waals surface area contributed by atoms with Gasteiger partial charge in [0.25, 0.3) is 0 Å². The topological polar surface area (TPSA) is 38.5 Å². The molecule has 2 N–H and O–H groups in total. The minimum Gasteiger partial charge on any atom is -0.380 e. The Morgan fingerprint density at radius 2 is 2.23 bits per heavy atom. The highest BCUT2D eigenvalue weighted by molar-refractivity contribution is 4.63. The van der Waals surface area contributed by atoms with E-state index in [2.05, 4.69) is 11.8 Å². The largest absolute Gasteiger partial charge is 0.380 e. The second-order valence-corrected chi connectivity index (χ2v) is 3.94. The molecule has 0 aromatic rings. The van der Waals surface area contributed by atoms with Crippen LogP contribution in [0.15, 0.2) is 0 Å². The van der Waals surface area contributed by atoms with Crippen LogP contribution in [0.2, 0.25) is 0 Å². The highest BCUT2D eigenvalue weighted by Crippen LogP contribution is 2.04. The Morgan fingerprint density at radius 3 is 3.00 bits per heavy atom. The van der Waals surface area contributed by atoms with E-state index in [9.17, 15) is 0 Å². The summed E-state index contributed by atoms with van der Waals surface area (Å²) in [7, 11) is 0. The average Bonchev–Trinajstić information content (AvgIpc) is 2.42. The zero-order valence-electron chi connectivity index (χ0n) is 8.67. The molecule has 78 valence electrons. The van der Waals surface area contributed by atoms with Gasteiger partial charge in [0.2, 0.25) is 0 Å². The van der Waals surface area contributed by atoms with Gasteiger partial charge < -0.3 is 15.4 Å². The van der Waals surface area contributed by atoms with Crippen LogP contribution in [0.25, 0.3) is 0 Å². The third-order valence-corrected chi connectivity index (χ3v) is 2.66. The summed E-state index contributed by atoms with van der Waals surface area (Å²) >= 11 is 0. The van der Waals surface area contributed by atoms with E-state index in [1.807, 2.05) is 0 Å². The van der Waals surface area contributed by atoms with Gasteiger partial charge in [0.05, 0.1) is 6.61 Å². The van der Waals surface area contributed by atoms with Crippen LogP contribution in [0.5, 0.6) is 0 Å². The number of hydrogen-bond acceptors (Lipinski definition) is 3. The van der Waals surface area contributed by atoms with Crippen molar-refractivity contribution in [1.29, 1.82) is 0 Å². The molecule has 0 aromatic heterocycles. The SMILES string of the molecule is CC(CN)CCN1CCCOCC1. The highest BCUT2D eigenvalue weighted by Gasteiger charge is 2.09. The Labute approximate surface area is 81.2 Å². The number of nitrogens with two attached hydrogens (primary N) is 1. The lowest BCUT2D eigenvalue weighted by molar-refractivity contribution is 0.140. The summed E-state index contributed by atoms with van der Waals surface area (Å²) in [5, 5.41) is 0. The van der Waals surface area contributed by atoms with Gasteiger partial charge in [0, 0.05) is 19.7 Å². The molecule has 3 heteroatoms. The zero-order chi connectivity index (χ0) is 9.52. The van der Waals surface area contributed by atoms with Crippen molar-refractivity contribution in [3.8, 4) is 0 Å². The summed E-state index contributed by atoms with van der Waals surface area (Å²) < 4.78 is 5.39. The smallest absolute Gasteiger partial charge is 0.0593 e. The molecule has 13 heavy (non-hydrogen) atoms. The van der Waals surface area contributed by atoms with E-state index in [1.54, 1.807) is 0 Å². The molecule has 1 unspecified atom stereocenters. The van der Waals surface area contributed by atoms with Crippen molar-refractivity contribution in [2.24, 2.45) is 11.7 Å². The lowest BCUT2D eigenvalue weighted by Crippen LogP contribution is -2.29. The molecule has 1 saturated heterocycles. The van der Waals surface area contributed by atoms with Crippen LogP contribution >= 0.6 is 0 Å². The van der Waals surface area contributed by atoms with Crippen LogP contribution in [0, 0.1) is 5.92 Å². The Morgan fingerprint density at radius 1 is 1.38 bits per heavy atom. The summed E-state index contributed by atoms with van der Waals surface area (Å²) in [5.41, 5.74) is 5.58. The van der Waals surface area contributed by atoms with Gasteiger partial charge in [-0.25, -0.2) is 0 Å². The first kappa shape index (κ1) is 11.0. The Bertz CT molecular complexity index is 122. The molecule has 1 aliphatic rings. The summed E-state index contributed by atoms with van der Waals surface area (Å²) in [6.45, 7) is 8.33. The van der Waals surface area contributed by atoms with Crippen molar-refractivity contribution in [1.82, 2.24) is 4.90 Å². The van der Waals surface area contributed by atoms with Gasteiger partial charge in [-0.2, -0.15) is 0 Å². The molecular weight excluding hydrogens is 164 g/mol. The minimum absolute atomic E-state index is 0.657. The van der Waals surface area contributed by atoms with E-state index in [0.29, 0.717) is 5.92 Å². The predicted octanol–water partition coefficient (Wildman–Crippen LogP) is 0.694. The number of nitrogens with zero attached hydrogens (tertiary/aromatic N) is 1. The lowest BCUT2D eigenvalue weighted by Gasteiger charge is -2.20. The summed E-state index contributed by atoms with van der Waals surface area (Å²) in [6, 6.07) is 0. The third-order valence-electron chi connectivity index (χ3n) is 2.66. The summed E-state index contributed by atoms with van der Waals surface area (Å²) in [5.74, 6) is 0.657. The Kier molecular flexibility index (Phi) is 5.35. The maximum absolute atomic E-state index is 5.58. The fraction of sp³-hybridized carbons (Fsp3) is 1.00. The third kappa shape index (κ3) is 4.60. The van der Waals surface area contributed by atoms with Crippen molar-refractivity contribution in [2.75, 3.05) is 39.4 Å². The summed E-state index contributed by atoms with van der Waals surface area (Å²) in [6.07, 6.45) is 2.40. The molecule has 0 radical (unpaired) electrons.